The van der Waals surface area contributed by atoms with Gasteiger partial charge in [0.1, 0.15) is 17.9 Å². The second-order valence-corrected chi connectivity index (χ2v) is 5.70. The van der Waals surface area contributed by atoms with Crippen LogP contribution in [0.1, 0.15) is 12.7 Å². The molecule has 0 radical (unpaired) electrons. The van der Waals surface area contributed by atoms with E-state index in [2.05, 4.69) is 10.1 Å². The maximum absolute atomic E-state index is 11.6. The molecule has 0 aromatic carbocycles. The quantitative estimate of drug-likeness (QED) is 0.749. The molecule has 1 heterocycles. The Labute approximate surface area is 93.0 Å². The van der Waals surface area contributed by atoms with E-state index in [0.717, 1.165) is 0 Å². The fourth-order valence-corrected chi connectivity index (χ4v) is 2.84. The van der Waals surface area contributed by atoms with E-state index < -0.39 is 27.5 Å². The van der Waals surface area contributed by atoms with E-state index in [1.165, 1.54) is 17.9 Å². The van der Waals surface area contributed by atoms with Gasteiger partial charge in [-0.05, 0) is 0 Å². The van der Waals surface area contributed by atoms with Gasteiger partial charge in [0.15, 0.2) is 9.84 Å². The first-order chi connectivity index (χ1) is 7.32. The van der Waals surface area contributed by atoms with Gasteiger partial charge in [0, 0.05) is 7.05 Å². The molecule has 0 bridgehead atoms. The van der Waals surface area contributed by atoms with Crippen LogP contribution in [0.4, 0.5) is 0 Å². The van der Waals surface area contributed by atoms with Gasteiger partial charge in [-0.2, -0.15) is 5.10 Å². The predicted octanol–water partition coefficient (Wildman–Crippen LogP) is -0.549. The summed E-state index contributed by atoms with van der Waals surface area (Å²) in [5.41, 5.74) is 0. The monoisotopic (exact) mass is 247 g/mol. The standard InChI is InChI=1S/C8H13N3O4S/c1-6(8(12)13)3-16(14,15)4-7-9-5-10-11(7)2/h5-6H,3-4H2,1-2H3,(H,12,13). The third kappa shape index (κ3) is 3.30. The summed E-state index contributed by atoms with van der Waals surface area (Å²) in [5.74, 6) is -2.42. The lowest BCUT2D eigenvalue weighted by molar-refractivity contribution is -0.140. The summed E-state index contributed by atoms with van der Waals surface area (Å²) in [6.07, 6.45) is 1.26. The van der Waals surface area contributed by atoms with Crippen LogP contribution in [0.5, 0.6) is 0 Å². The second kappa shape index (κ2) is 4.60. The molecule has 1 aromatic heterocycles. The summed E-state index contributed by atoms with van der Waals surface area (Å²) in [6, 6.07) is 0. The smallest absolute Gasteiger partial charge is 0.307 e. The number of carboxylic acid groups (broad SMARTS) is 1. The number of nitrogens with zero attached hydrogens (tertiary/aromatic N) is 3. The van der Waals surface area contributed by atoms with E-state index in [0.29, 0.717) is 5.82 Å². The minimum atomic E-state index is -3.48. The number of aromatic nitrogens is 3. The zero-order valence-electron chi connectivity index (χ0n) is 8.99. The van der Waals surface area contributed by atoms with Crippen molar-refractivity contribution in [1.82, 2.24) is 14.8 Å². The first kappa shape index (κ1) is 12.6. The van der Waals surface area contributed by atoms with Crippen LogP contribution in [0.25, 0.3) is 0 Å². The van der Waals surface area contributed by atoms with Crippen LogP contribution in [0.2, 0.25) is 0 Å². The van der Waals surface area contributed by atoms with E-state index in [9.17, 15) is 13.2 Å². The summed E-state index contributed by atoms with van der Waals surface area (Å²) < 4.78 is 24.6. The van der Waals surface area contributed by atoms with Gasteiger partial charge in [0.05, 0.1) is 11.7 Å². The van der Waals surface area contributed by atoms with Crippen molar-refractivity contribution >= 4 is 15.8 Å². The highest BCUT2D eigenvalue weighted by Crippen LogP contribution is 2.07. The Kier molecular flexibility index (Phi) is 3.63. The van der Waals surface area contributed by atoms with Gasteiger partial charge in [0.2, 0.25) is 0 Å². The molecule has 8 heteroatoms. The zero-order valence-corrected chi connectivity index (χ0v) is 9.81. The van der Waals surface area contributed by atoms with Crippen molar-refractivity contribution in [3.63, 3.8) is 0 Å². The summed E-state index contributed by atoms with van der Waals surface area (Å²) in [7, 11) is -1.89. The number of carboxylic acids is 1. The molecule has 0 amide bonds. The molecule has 0 aliphatic heterocycles. The van der Waals surface area contributed by atoms with E-state index in [1.807, 2.05) is 0 Å². The fourth-order valence-electron chi connectivity index (χ4n) is 1.16. The predicted molar refractivity (Wildman–Crippen MR) is 55.3 cm³/mol. The maximum Gasteiger partial charge on any atom is 0.307 e. The third-order valence-corrected chi connectivity index (χ3v) is 3.79. The van der Waals surface area contributed by atoms with Gasteiger partial charge in [-0.3, -0.25) is 9.48 Å². The number of aliphatic carboxylic acids is 1. The molecule has 1 N–H and O–H groups in total. The Balaban J connectivity index is 2.73. The normalized spacial score (nSPS) is 13.6. The van der Waals surface area contributed by atoms with Crippen LogP contribution >= 0.6 is 0 Å². The lowest BCUT2D eigenvalue weighted by atomic mass is 10.2. The van der Waals surface area contributed by atoms with Crippen LogP contribution in [0.3, 0.4) is 0 Å². The lowest BCUT2D eigenvalue weighted by Crippen LogP contribution is -2.23. The molecule has 0 saturated heterocycles. The number of aryl methyl sites for hydroxylation is 1. The SMILES string of the molecule is CC(CS(=O)(=O)Cc1ncnn1C)C(=O)O. The number of carbonyl (C=O) groups is 1. The Morgan fingerprint density at radius 1 is 1.62 bits per heavy atom. The lowest BCUT2D eigenvalue weighted by Gasteiger charge is -2.06. The molecule has 90 valence electrons. The van der Waals surface area contributed by atoms with Gasteiger partial charge in [-0.15, -0.1) is 0 Å². The van der Waals surface area contributed by atoms with Gasteiger partial charge < -0.3 is 5.11 Å². The zero-order chi connectivity index (χ0) is 12.3. The van der Waals surface area contributed by atoms with Gasteiger partial charge >= 0.3 is 5.97 Å². The molecule has 1 unspecified atom stereocenters. The average molecular weight is 247 g/mol. The second-order valence-electron chi connectivity index (χ2n) is 3.59. The Morgan fingerprint density at radius 2 is 2.25 bits per heavy atom. The van der Waals surface area contributed by atoms with E-state index in [-0.39, 0.29) is 5.75 Å². The first-order valence-electron chi connectivity index (χ1n) is 4.58. The summed E-state index contributed by atoms with van der Waals surface area (Å²) in [6.45, 7) is 1.36. The fraction of sp³-hybridized carbons (Fsp3) is 0.625. The van der Waals surface area contributed by atoms with Gasteiger partial charge in [0.25, 0.3) is 0 Å². The summed E-state index contributed by atoms with van der Waals surface area (Å²) in [4.78, 5) is 14.3. The highest BCUT2D eigenvalue weighted by molar-refractivity contribution is 7.90. The molecule has 0 saturated carbocycles. The number of rotatable bonds is 5. The Hall–Kier alpha value is -1.44. The number of hydrogen-bond acceptors (Lipinski definition) is 5. The minimum Gasteiger partial charge on any atom is -0.481 e. The van der Waals surface area contributed by atoms with Crippen molar-refractivity contribution in [1.29, 1.82) is 0 Å². The Bertz CT molecular complexity index is 479. The third-order valence-electron chi connectivity index (χ3n) is 2.08. The number of sulfone groups is 1. The van der Waals surface area contributed by atoms with Crippen LogP contribution in [0.15, 0.2) is 6.33 Å². The van der Waals surface area contributed by atoms with Crippen molar-refractivity contribution in [2.24, 2.45) is 13.0 Å². The van der Waals surface area contributed by atoms with Crippen molar-refractivity contribution < 1.29 is 18.3 Å². The van der Waals surface area contributed by atoms with Crippen molar-refractivity contribution in [3.8, 4) is 0 Å². The Morgan fingerprint density at radius 3 is 2.69 bits per heavy atom. The molecule has 1 aromatic rings. The molecular formula is C8H13N3O4S. The largest absolute Gasteiger partial charge is 0.481 e. The van der Waals surface area contributed by atoms with Crippen molar-refractivity contribution in [3.05, 3.63) is 12.2 Å². The maximum atomic E-state index is 11.6. The molecule has 16 heavy (non-hydrogen) atoms. The molecule has 1 rings (SSSR count). The topological polar surface area (TPSA) is 102 Å². The highest BCUT2D eigenvalue weighted by atomic mass is 32.2. The van der Waals surface area contributed by atoms with Crippen molar-refractivity contribution in [2.75, 3.05) is 5.75 Å². The summed E-state index contributed by atoms with van der Waals surface area (Å²) in [5, 5.41) is 12.4. The van der Waals surface area contributed by atoms with Gasteiger partial charge in [-0.1, -0.05) is 6.92 Å². The van der Waals surface area contributed by atoms with E-state index >= 15 is 0 Å². The molecule has 0 aliphatic rings. The molecular weight excluding hydrogens is 234 g/mol. The van der Waals surface area contributed by atoms with E-state index in [4.69, 9.17) is 5.11 Å². The van der Waals surface area contributed by atoms with Gasteiger partial charge in [-0.25, -0.2) is 13.4 Å². The molecule has 0 fully saturated rings. The van der Waals surface area contributed by atoms with Crippen LogP contribution in [0, 0.1) is 5.92 Å². The summed E-state index contributed by atoms with van der Waals surface area (Å²) >= 11 is 0. The minimum absolute atomic E-state index is 0.291. The van der Waals surface area contributed by atoms with Crippen LogP contribution < -0.4 is 0 Å². The average Bonchev–Trinajstić information content (AvgIpc) is 2.50. The highest BCUT2D eigenvalue weighted by Gasteiger charge is 2.22. The molecule has 1 atom stereocenters. The molecule has 0 aliphatic carbocycles. The molecule has 0 spiro atoms. The van der Waals surface area contributed by atoms with Crippen LogP contribution in [-0.4, -0.2) is 40.0 Å². The molecule has 7 nitrogen and oxygen atoms in total. The first-order valence-corrected chi connectivity index (χ1v) is 6.40. The van der Waals surface area contributed by atoms with Crippen LogP contribution in [-0.2, 0) is 27.4 Å². The van der Waals surface area contributed by atoms with E-state index in [1.54, 1.807) is 7.05 Å². The number of hydrogen-bond donors (Lipinski definition) is 1. The van der Waals surface area contributed by atoms with Crippen molar-refractivity contribution in [2.45, 2.75) is 12.7 Å².